The highest BCUT2D eigenvalue weighted by Gasteiger charge is 2.02. The van der Waals surface area contributed by atoms with Crippen LogP contribution in [0.3, 0.4) is 0 Å². The van der Waals surface area contributed by atoms with Gasteiger partial charge in [0.1, 0.15) is 0 Å². The van der Waals surface area contributed by atoms with Crippen molar-refractivity contribution in [2.45, 2.75) is 6.54 Å². The van der Waals surface area contributed by atoms with Gasteiger partial charge in [-0.15, -0.1) is 0 Å². The molecule has 0 N–H and O–H groups in total. The Morgan fingerprint density at radius 1 is 1.00 bits per heavy atom. The summed E-state index contributed by atoms with van der Waals surface area (Å²) in [7, 11) is 0. The van der Waals surface area contributed by atoms with Crippen molar-refractivity contribution in [1.82, 2.24) is 4.98 Å². The van der Waals surface area contributed by atoms with Crippen molar-refractivity contribution in [1.29, 1.82) is 0 Å². The molecule has 2 nitrogen and oxygen atoms in total. The van der Waals surface area contributed by atoms with Gasteiger partial charge in [0, 0.05) is 11.9 Å². The lowest BCUT2D eigenvalue weighted by Gasteiger charge is -2.15. The first kappa shape index (κ1) is 10.2. The van der Waals surface area contributed by atoms with E-state index in [4.69, 9.17) is 0 Å². The Hall–Kier alpha value is -1.35. The fourth-order valence-corrected chi connectivity index (χ4v) is 1.81. The first-order chi connectivity index (χ1) is 7.36. The summed E-state index contributed by atoms with van der Waals surface area (Å²) < 4.78 is 2.00. The molecule has 0 saturated heterocycles. The molecule has 0 fully saturated rings. The van der Waals surface area contributed by atoms with Gasteiger partial charge in [-0.25, -0.2) is 0 Å². The number of pyridine rings is 1. The van der Waals surface area contributed by atoms with Gasteiger partial charge in [0.15, 0.2) is 0 Å². The Labute approximate surface area is 97.9 Å². The third-order valence-electron chi connectivity index (χ3n) is 2.06. The molecule has 76 valence electrons. The third-order valence-corrected chi connectivity index (χ3v) is 2.72. The summed E-state index contributed by atoms with van der Waals surface area (Å²) in [6, 6.07) is 16.1. The smallest absolute Gasteiger partial charge is 0.0718 e. The predicted octanol–water partition coefficient (Wildman–Crippen LogP) is 3.40. The van der Waals surface area contributed by atoms with Crippen molar-refractivity contribution < 1.29 is 0 Å². The number of aromatic nitrogens is 1. The highest BCUT2D eigenvalue weighted by atomic mass is 79.9. The topological polar surface area (TPSA) is 16.1 Å². The summed E-state index contributed by atoms with van der Waals surface area (Å²) in [5.74, 6) is 0. The number of hydrogen-bond acceptors (Lipinski definition) is 2. The quantitative estimate of drug-likeness (QED) is 0.789. The lowest BCUT2D eigenvalue weighted by Crippen LogP contribution is -2.09. The molecule has 0 saturated carbocycles. The van der Waals surface area contributed by atoms with Crippen LogP contribution >= 0.6 is 16.1 Å². The highest BCUT2D eigenvalue weighted by molar-refractivity contribution is 9.10. The van der Waals surface area contributed by atoms with E-state index in [-0.39, 0.29) is 0 Å². The first-order valence-electron chi connectivity index (χ1n) is 4.74. The van der Waals surface area contributed by atoms with Gasteiger partial charge in [0.25, 0.3) is 0 Å². The Morgan fingerprint density at radius 3 is 2.40 bits per heavy atom. The second-order valence-corrected chi connectivity index (χ2v) is 4.03. The monoisotopic (exact) mass is 262 g/mol. The molecule has 2 rings (SSSR count). The molecule has 0 spiro atoms. The molecule has 1 heterocycles. The number of halogens is 1. The van der Waals surface area contributed by atoms with Gasteiger partial charge in [0.2, 0.25) is 0 Å². The van der Waals surface area contributed by atoms with Crippen molar-refractivity contribution in [3.63, 3.8) is 0 Å². The lowest BCUT2D eigenvalue weighted by atomic mass is 10.3. The summed E-state index contributed by atoms with van der Waals surface area (Å²) in [5, 5.41) is 0. The standard InChI is InChI=1S/C12H11BrN2/c13-15(12-7-2-1-3-8-12)10-11-6-4-5-9-14-11/h1-9H,10H2. The fraction of sp³-hybridized carbons (Fsp3) is 0.0833. The van der Waals surface area contributed by atoms with Crippen LogP contribution in [-0.2, 0) is 6.54 Å². The number of hydrogen-bond donors (Lipinski definition) is 0. The van der Waals surface area contributed by atoms with Gasteiger partial charge in [-0.05, 0) is 24.3 Å². The van der Waals surface area contributed by atoms with Crippen LogP contribution in [0.4, 0.5) is 5.69 Å². The van der Waals surface area contributed by atoms with Crippen LogP contribution in [0.5, 0.6) is 0 Å². The summed E-state index contributed by atoms with van der Waals surface area (Å²) >= 11 is 3.52. The van der Waals surface area contributed by atoms with Gasteiger partial charge < -0.3 is 3.93 Å². The van der Waals surface area contributed by atoms with Crippen molar-refractivity contribution in [2.75, 3.05) is 3.93 Å². The molecular formula is C12H11BrN2. The van der Waals surface area contributed by atoms with Gasteiger partial charge >= 0.3 is 0 Å². The summed E-state index contributed by atoms with van der Waals surface area (Å²) in [6.07, 6.45) is 1.81. The highest BCUT2D eigenvalue weighted by Crippen LogP contribution is 2.19. The zero-order valence-corrected chi connectivity index (χ0v) is 9.76. The van der Waals surface area contributed by atoms with Crippen LogP contribution in [0.2, 0.25) is 0 Å². The number of rotatable bonds is 3. The van der Waals surface area contributed by atoms with E-state index >= 15 is 0 Å². The second-order valence-electron chi connectivity index (χ2n) is 3.18. The van der Waals surface area contributed by atoms with Crippen LogP contribution in [0.1, 0.15) is 5.69 Å². The van der Waals surface area contributed by atoms with Crippen molar-refractivity contribution in [3.05, 3.63) is 60.4 Å². The molecule has 2 aromatic rings. The molecule has 1 aromatic carbocycles. The van der Waals surface area contributed by atoms with Crippen molar-refractivity contribution >= 4 is 21.8 Å². The number of anilines is 1. The Kier molecular flexibility index (Phi) is 3.35. The molecule has 0 atom stereocenters. The molecule has 15 heavy (non-hydrogen) atoms. The average molecular weight is 263 g/mol. The Balaban J connectivity index is 2.08. The van der Waals surface area contributed by atoms with Gasteiger partial charge in [0.05, 0.1) is 28.4 Å². The third kappa shape index (κ3) is 2.80. The maximum absolute atomic E-state index is 4.27. The Bertz CT molecular complexity index is 402. The molecule has 0 radical (unpaired) electrons. The molecule has 0 aliphatic carbocycles. The fourth-order valence-electron chi connectivity index (χ4n) is 1.31. The van der Waals surface area contributed by atoms with E-state index in [9.17, 15) is 0 Å². The number of benzene rings is 1. The van der Waals surface area contributed by atoms with E-state index in [1.807, 2.05) is 40.3 Å². The van der Waals surface area contributed by atoms with Crippen molar-refractivity contribution in [3.8, 4) is 0 Å². The maximum Gasteiger partial charge on any atom is 0.0718 e. The van der Waals surface area contributed by atoms with Crippen LogP contribution < -0.4 is 3.93 Å². The molecule has 0 bridgehead atoms. The Morgan fingerprint density at radius 2 is 1.73 bits per heavy atom. The summed E-state index contributed by atoms with van der Waals surface area (Å²) in [5.41, 5.74) is 2.17. The summed E-state index contributed by atoms with van der Waals surface area (Å²) in [6.45, 7) is 0.755. The molecule has 0 unspecified atom stereocenters. The van der Waals surface area contributed by atoms with Gasteiger partial charge in [-0.3, -0.25) is 4.98 Å². The molecule has 3 heteroatoms. The minimum atomic E-state index is 0.755. The van der Waals surface area contributed by atoms with Crippen LogP contribution in [0.25, 0.3) is 0 Å². The minimum absolute atomic E-state index is 0.755. The van der Waals surface area contributed by atoms with Crippen LogP contribution in [-0.4, -0.2) is 4.98 Å². The molecule has 0 aliphatic rings. The van der Waals surface area contributed by atoms with Crippen LogP contribution in [0.15, 0.2) is 54.7 Å². The van der Waals surface area contributed by atoms with Crippen molar-refractivity contribution in [2.24, 2.45) is 0 Å². The molecule has 0 amide bonds. The second kappa shape index (κ2) is 4.94. The largest absolute Gasteiger partial charge is 0.303 e. The van der Waals surface area contributed by atoms with E-state index in [2.05, 4.69) is 33.3 Å². The van der Waals surface area contributed by atoms with E-state index in [1.54, 1.807) is 6.20 Å². The average Bonchev–Trinajstić information content (AvgIpc) is 2.31. The first-order valence-corrected chi connectivity index (χ1v) is 5.45. The lowest BCUT2D eigenvalue weighted by molar-refractivity contribution is 0.994. The molecule has 0 aliphatic heterocycles. The normalized spacial score (nSPS) is 9.93. The van der Waals surface area contributed by atoms with E-state index in [0.29, 0.717) is 0 Å². The van der Waals surface area contributed by atoms with E-state index in [1.165, 1.54) is 0 Å². The molecule has 1 aromatic heterocycles. The van der Waals surface area contributed by atoms with Gasteiger partial charge in [-0.2, -0.15) is 0 Å². The SMILES string of the molecule is BrN(Cc1ccccn1)c1ccccc1. The maximum atomic E-state index is 4.27. The van der Waals surface area contributed by atoms with Crippen LogP contribution in [0, 0.1) is 0 Å². The zero-order chi connectivity index (χ0) is 10.5. The molecular weight excluding hydrogens is 252 g/mol. The zero-order valence-electron chi connectivity index (χ0n) is 8.18. The number of para-hydroxylation sites is 1. The minimum Gasteiger partial charge on any atom is -0.303 e. The predicted molar refractivity (Wildman–Crippen MR) is 65.8 cm³/mol. The van der Waals surface area contributed by atoms with E-state index in [0.717, 1.165) is 17.9 Å². The summed E-state index contributed by atoms with van der Waals surface area (Å²) in [4.78, 5) is 4.27. The van der Waals surface area contributed by atoms with E-state index < -0.39 is 0 Å². The number of nitrogens with zero attached hydrogens (tertiary/aromatic N) is 2. The van der Waals surface area contributed by atoms with Gasteiger partial charge in [-0.1, -0.05) is 24.3 Å².